The van der Waals surface area contributed by atoms with Gasteiger partial charge in [0.25, 0.3) is 0 Å². The molecule has 0 saturated carbocycles. The van der Waals surface area contributed by atoms with E-state index in [2.05, 4.69) is 9.47 Å². The number of carbonyl (C=O) groups excluding carboxylic acids is 2. The molecule has 0 radical (unpaired) electrons. The maximum Gasteiger partial charge on any atom is 0.516 e. The van der Waals surface area contributed by atoms with Crippen molar-refractivity contribution >= 4 is 12.1 Å². The molecule has 0 atom stereocenters. The van der Waals surface area contributed by atoms with E-state index < -0.39 is 12.1 Å². The van der Waals surface area contributed by atoms with E-state index >= 15 is 0 Å². The minimum Gasteiger partial charge on any atom is -0.434 e. The van der Waals surface area contributed by atoms with Gasteiger partial charge >= 0.3 is 12.1 Å². The zero-order chi connectivity index (χ0) is 12.0. The number of esters is 1. The molecule has 16 heavy (non-hydrogen) atoms. The number of aliphatic hydroxyl groups is 1. The molecule has 0 spiro atoms. The zero-order valence-corrected chi connectivity index (χ0v) is 8.80. The van der Waals surface area contributed by atoms with Crippen molar-refractivity contribution in [1.82, 2.24) is 0 Å². The molecule has 86 valence electrons. The lowest BCUT2D eigenvalue weighted by Gasteiger charge is -2.03. The lowest BCUT2D eigenvalue weighted by molar-refractivity contribution is 0.0401. The summed E-state index contributed by atoms with van der Waals surface area (Å²) in [6, 6.07) is 6.07. The van der Waals surface area contributed by atoms with Crippen LogP contribution in [0.25, 0.3) is 0 Å². The van der Waals surface area contributed by atoms with Crippen LogP contribution in [0.15, 0.2) is 24.3 Å². The Morgan fingerprint density at radius 3 is 2.38 bits per heavy atom. The smallest absolute Gasteiger partial charge is 0.434 e. The van der Waals surface area contributed by atoms with Gasteiger partial charge in [-0.2, -0.15) is 0 Å². The van der Waals surface area contributed by atoms with Crippen LogP contribution in [0.2, 0.25) is 0 Å². The van der Waals surface area contributed by atoms with Crippen LogP contribution in [0, 0.1) is 0 Å². The third-order valence-corrected chi connectivity index (χ3v) is 1.81. The topological polar surface area (TPSA) is 72.8 Å². The van der Waals surface area contributed by atoms with E-state index in [1.807, 2.05) is 0 Å². The van der Waals surface area contributed by atoms with Gasteiger partial charge in [-0.05, 0) is 24.6 Å². The molecule has 0 aliphatic rings. The number of aliphatic hydroxyl groups excluding tert-OH is 1. The van der Waals surface area contributed by atoms with Gasteiger partial charge in [-0.1, -0.05) is 12.1 Å². The lowest BCUT2D eigenvalue weighted by Crippen LogP contribution is -2.13. The maximum atomic E-state index is 11.3. The first-order valence-electron chi connectivity index (χ1n) is 4.76. The largest absolute Gasteiger partial charge is 0.516 e. The van der Waals surface area contributed by atoms with E-state index in [9.17, 15) is 9.59 Å². The molecule has 1 N–H and O–H groups in total. The number of hydrogen-bond acceptors (Lipinski definition) is 5. The van der Waals surface area contributed by atoms with Crippen LogP contribution in [-0.2, 0) is 16.1 Å². The summed E-state index contributed by atoms with van der Waals surface area (Å²) in [6.45, 7) is 1.66. The second kappa shape index (κ2) is 5.87. The van der Waals surface area contributed by atoms with Gasteiger partial charge in [0, 0.05) is 0 Å². The van der Waals surface area contributed by atoms with Gasteiger partial charge in [0.05, 0.1) is 18.8 Å². The number of carbonyl (C=O) groups is 2. The molecule has 0 saturated heterocycles. The van der Waals surface area contributed by atoms with Gasteiger partial charge < -0.3 is 14.6 Å². The average Bonchev–Trinajstić information content (AvgIpc) is 2.29. The first-order valence-corrected chi connectivity index (χ1v) is 4.76. The molecular weight excluding hydrogens is 212 g/mol. The highest BCUT2D eigenvalue weighted by atomic mass is 16.7. The van der Waals surface area contributed by atoms with E-state index in [4.69, 9.17) is 5.11 Å². The van der Waals surface area contributed by atoms with Gasteiger partial charge in [-0.3, -0.25) is 0 Å². The van der Waals surface area contributed by atoms with Crippen LogP contribution in [0.4, 0.5) is 4.79 Å². The van der Waals surface area contributed by atoms with Crippen molar-refractivity contribution in [3.05, 3.63) is 35.4 Å². The van der Waals surface area contributed by atoms with Crippen LogP contribution in [0.5, 0.6) is 0 Å². The second-order valence-corrected chi connectivity index (χ2v) is 2.93. The van der Waals surface area contributed by atoms with Crippen molar-refractivity contribution in [2.24, 2.45) is 0 Å². The van der Waals surface area contributed by atoms with Gasteiger partial charge in [0.15, 0.2) is 0 Å². The fourth-order valence-corrected chi connectivity index (χ4v) is 1.03. The van der Waals surface area contributed by atoms with Crippen molar-refractivity contribution in [3.8, 4) is 0 Å². The molecule has 5 heteroatoms. The van der Waals surface area contributed by atoms with Crippen molar-refractivity contribution in [2.75, 3.05) is 6.61 Å². The summed E-state index contributed by atoms with van der Waals surface area (Å²) in [4.78, 5) is 22.2. The molecule has 1 aromatic carbocycles. The molecule has 0 aromatic heterocycles. The van der Waals surface area contributed by atoms with Crippen molar-refractivity contribution in [2.45, 2.75) is 13.5 Å². The molecule has 0 aliphatic heterocycles. The average molecular weight is 224 g/mol. The summed E-state index contributed by atoms with van der Waals surface area (Å²) in [5.41, 5.74) is 0.901. The number of ether oxygens (including phenoxy) is 2. The van der Waals surface area contributed by atoms with Crippen LogP contribution < -0.4 is 0 Å². The third-order valence-electron chi connectivity index (χ3n) is 1.81. The number of benzene rings is 1. The Bertz CT molecular complexity index is 368. The monoisotopic (exact) mass is 224 g/mol. The molecule has 0 fully saturated rings. The molecular formula is C11H12O5. The Balaban J connectivity index is 2.62. The first-order chi connectivity index (χ1) is 7.67. The molecule has 0 amide bonds. The minimum absolute atomic E-state index is 0.104. The summed E-state index contributed by atoms with van der Waals surface area (Å²) in [7, 11) is 0. The minimum atomic E-state index is -1.02. The summed E-state index contributed by atoms with van der Waals surface area (Å²) in [5, 5.41) is 8.79. The third kappa shape index (κ3) is 3.36. The van der Waals surface area contributed by atoms with E-state index in [1.165, 1.54) is 12.1 Å². The fourth-order valence-electron chi connectivity index (χ4n) is 1.03. The molecule has 0 aliphatic carbocycles. The van der Waals surface area contributed by atoms with E-state index in [-0.39, 0.29) is 18.8 Å². The lowest BCUT2D eigenvalue weighted by atomic mass is 10.1. The van der Waals surface area contributed by atoms with Crippen LogP contribution >= 0.6 is 0 Å². The first kappa shape index (κ1) is 12.2. The Hall–Kier alpha value is -1.88. The Morgan fingerprint density at radius 1 is 1.25 bits per heavy atom. The second-order valence-electron chi connectivity index (χ2n) is 2.93. The standard InChI is InChI=1S/C11H12O5/c1-2-15-11(14)16-10(13)9-5-3-8(7-12)4-6-9/h3-6,12H,2,7H2,1H3. The van der Waals surface area contributed by atoms with Gasteiger partial charge in [0.2, 0.25) is 0 Å². The van der Waals surface area contributed by atoms with Gasteiger partial charge in [-0.15, -0.1) is 0 Å². The SMILES string of the molecule is CCOC(=O)OC(=O)c1ccc(CO)cc1. The maximum absolute atomic E-state index is 11.3. The molecule has 5 nitrogen and oxygen atoms in total. The molecule has 0 heterocycles. The Morgan fingerprint density at radius 2 is 1.88 bits per heavy atom. The summed E-state index contributed by atoms with van der Waals surface area (Å²) < 4.78 is 8.84. The Labute approximate surface area is 92.6 Å². The summed E-state index contributed by atoms with van der Waals surface area (Å²) in [5.74, 6) is -0.775. The van der Waals surface area contributed by atoms with E-state index in [0.717, 1.165) is 0 Å². The molecule has 0 unspecified atom stereocenters. The predicted molar refractivity (Wildman–Crippen MR) is 54.8 cm³/mol. The zero-order valence-electron chi connectivity index (χ0n) is 8.80. The number of hydrogen-bond donors (Lipinski definition) is 1. The van der Waals surface area contributed by atoms with Crippen molar-refractivity contribution in [1.29, 1.82) is 0 Å². The van der Waals surface area contributed by atoms with Crippen LogP contribution in [0.1, 0.15) is 22.8 Å². The van der Waals surface area contributed by atoms with Crippen LogP contribution in [-0.4, -0.2) is 23.8 Å². The summed E-state index contributed by atoms with van der Waals surface area (Å²) >= 11 is 0. The quantitative estimate of drug-likeness (QED) is 0.622. The fraction of sp³-hybridized carbons (Fsp3) is 0.273. The summed E-state index contributed by atoms with van der Waals surface area (Å²) in [6.07, 6.45) is -1.02. The number of rotatable bonds is 3. The highest BCUT2D eigenvalue weighted by Crippen LogP contribution is 2.06. The highest BCUT2D eigenvalue weighted by Gasteiger charge is 2.13. The van der Waals surface area contributed by atoms with Gasteiger partial charge in [-0.25, -0.2) is 9.59 Å². The Kier molecular flexibility index (Phi) is 4.47. The molecule has 0 bridgehead atoms. The van der Waals surface area contributed by atoms with E-state index in [0.29, 0.717) is 5.56 Å². The van der Waals surface area contributed by atoms with Crippen molar-refractivity contribution < 1.29 is 24.2 Å². The predicted octanol–water partition coefficient (Wildman–Crippen LogP) is 1.49. The van der Waals surface area contributed by atoms with Crippen molar-refractivity contribution in [3.63, 3.8) is 0 Å². The highest BCUT2D eigenvalue weighted by molar-refractivity contribution is 5.95. The normalized spacial score (nSPS) is 9.62. The van der Waals surface area contributed by atoms with Crippen LogP contribution in [0.3, 0.4) is 0 Å². The van der Waals surface area contributed by atoms with E-state index in [1.54, 1.807) is 19.1 Å². The molecule has 1 rings (SSSR count). The molecule has 1 aromatic rings. The van der Waals surface area contributed by atoms with Gasteiger partial charge in [0.1, 0.15) is 0 Å².